The molecular formula is C55H33N7O. The van der Waals surface area contributed by atoms with Gasteiger partial charge in [0, 0.05) is 72.7 Å². The Kier molecular flexibility index (Phi) is 7.74. The van der Waals surface area contributed by atoms with E-state index in [1.165, 1.54) is 10.8 Å². The molecule has 13 aromatic rings. The average Bonchev–Trinajstić information content (AvgIpc) is 4.01. The molecule has 0 N–H and O–H groups in total. The van der Waals surface area contributed by atoms with Gasteiger partial charge in [-0.15, -0.1) is 0 Å². The van der Waals surface area contributed by atoms with Crippen molar-refractivity contribution in [1.29, 1.82) is 0 Å². The predicted molar refractivity (Wildman–Crippen MR) is 253 cm³/mol. The SMILES string of the molecule is c1ccc(-c2nc(-c3ccccc3)nc(-n3c4ccccc4c4cc(-c5cccc(-c6ccc7c8ccccc8n(-c8ccc9oc%10ccncc%10c9c8)c7c6)n5)ccc43)n2)cc1. The van der Waals surface area contributed by atoms with Crippen molar-refractivity contribution in [2.75, 3.05) is 0 Å². The topological polar surface area (TPSA) is 87.5 Å². The van der Waals surface area contributed by atoms with Crippen LogP contribution in [0.25, 0.3) is 122 Å². The van der Waals surface area contributed by atoms with Crippen molar-refractivity contribution in [3.05, 3.63) is 200 Å². The molecular weight excluding hydrogens is 775 g/mol. The third-order valence-corrected chi connectivity index (χ3v) is 12.1. The first-order chi connectivity index (χ1) is 31.2. The minimum absolute atomic E-state index is 0.560. The van der Waals surface area contributed by atoms with Gasteiger partial charge in [-0.3, -0.25) is 9.55 Å². The zero-order chi connectivity index (χ0) is 41.4. The van der Waals surface area contributed by atoms with Crippen LogP contribution in [-0.4, -0.2) is 34.1 Å². The van der Waals surface area contributed by atoms with Crippen LogP contribution < -0.4 is 0 Å². The number of nitrogens with zero attached hydrogens (tertiary/aromatic N) is 7. The van der Waals surface area contributed by atoms with E-state index in [0.717, 1.165) is 94.1 Å². The number of para-hydroxylation sites is 2. The van der Waals surface area contributed by atoms with E-state index in [0.29, 0.717) is 17.6 Å². The Morgan fingerprint density at radius 1 is 0.349 bits per heavy atom. The van der Waals surface area contributed by atoms with E-state index in [-0.39, 0.29) is 0 Å². The van der Waals surface area contributed by atoms with Crippen molar-refractivity contribution in [3.63, 3.8) is 0 Å². The summed E-state index contributed by atoms with van der Waals surface area (Å²) in [5.74, 6) is 1.79. The number of rotatable bonds is 6. The number of furan rings is 1. The molecule has 6 heterocycles. The number of pyridine rings is 2. The fourth-order valence-electron chi connectivity index (χ4n) is 9.16. The summed E-state index contributed by atoms with van der Waals surface area (Å²) in [6, 6.07) is 65.0. The summed E-state index contributed by atoms with van der Waals surface area (Å²) in [7, 11) is 0. The van der Waals surface area contributed by atoms with E-state index in [1.807, 2.05) is 72.9 Å². The van der Waals surface area contributed by atoms with E-state index in [4.69, 9.17) is 24.4 Å². The summed E-state index contributed by atoms with van der Waals surface area (Å²) in [6.45, 7) is 0. The molecule has 13 rings (SSSR count). The summed E-state index contributed by atoms with van der Waals surface area (Å²) >= 11 is 0. The van der Waals surface area contributed by atoms with Gasteiger partial charge in [0.25, 0.3) is 0 Å². The fraction of sp³-hybridized carbons (Fsp3) is 0. The summed E-state index contributed by atoms with van der Waals surface area (Å²) in [5.41, 5.74) is 12.6. The molecule has 0 amide bonds. The van der Waals surface area contributed by atoms with Crippen LogP contribution in [0, 0.1) is 0 Å². The van der Waals surface area contributed by atoms with Gasteiger partial charge >= 0.3 is 0 Å². The van der Waals surface area contributed by atoms with Crippen molar-refractivity contribution in [2.45, 2.75) is 0 Å². The van der Waals surface area contributed by atoms with Crippen molar-refractivity contribution in [3.8, 4) is 56.9 Å². The van der Waals surface area contributed by atoms with Gasteiger partial charge in [0.1, 0.15) is 11.2 Å². The molecule has 0 aliphatic heterocycles. The number of hydrogen-bond donors (Lipinski definition) is 0. The molecule has 0 bridgehead atoms. The normalized spacial score (nSPS) is 11.8. The molecule has 0 radical (unpaired) electrons. The zero-order valence-corrected chi connectivity index (χ0v) is 33.6. The maximum absolute atomic E-state index is 6.16. The van der Waals surface area contributed by atoms with Crippen LogP contribution in [-0.2, 0) is 0 Å². The smallest absolute Gasteiger partial charge is 0.238 e. The van der Waals surface area contributed by atoms with Gasteiger partial charge in [-0.2, -0.15) is 9.97 Å². The summed E-state index contributed by atoms with van der Waals surface area (Å²) in [6.07, 6.45) is 3.64. The van der Waals surface area contributed by atoms with E-state index in [9.17, 15) is 0 Å². The molecule has 7 aromatic carbocycles. The lowest BCUT2D eigenvalue weighted by atomic mass is 10.0. The molecule has 8 nitrogen and oxygen atoms in total. The van der Waals surface area contributed by atoms with Crippen LogP contribution in [0.3, 0.4) is 0 Å². The number of hydrogen-bond acceptors (Lipinski definition) is 6. The molecule has 0 aliphatic carbocycles. The number of benzene rings is 7. The molecule has 0 atom stereocenters. The molecule has 0 unspecified atom stereocenters. The second-order valence-corrected chi connectivity index (χ2v) is 15.7. The Morgan fingerprint density at radius 2 is 0.952 bits per heavy atom. The van der Waals surface area contributed by atoms with Gasteiger partial charge in [-0.05, 0) is 66.7 Å². The summed E-state index contributed by atoms with van der Waals surface area (Å²) in [4.78, 5) is 24.9. The Morgan fingerprint density at radius 3 is 1.70 bits per heavy atom. The van der Waals surface area contributed by atoms with Crippen LogP contribution in [0.5, 0.6) is 0 Å². The maximum Gasteiger partial charge on any atom is 0.238 e. The van der Waals surface area contributed by atoms with Crippen molar-refractivity contribution in [1.82, 2.24) is 34.1 Å². The molecule has 0 fully saturated rings. The van der Waals surface area contributed by atoms with Crippen molar-refractivity contribution < 1.29 is 4.42 Å². The molecule has 0 saturated heterocycles. The van der Waals surface area contributed by atoms with Gasteiger partial charge < -0.3 is 8.98 Å². The van der Waals surface area contributed by atoms with Gasteiger partial charge in [0.05, 0.1) is 33.5 Å². The minimum atomic E-state index is 0.560. The van der Waals surface area contributed by atoms with Crippen LogP contribution in [0.2, 0.25) is 0 Å². The highest BCUT2D eigenvalue weighted by molar-refractivity contribution is 6.12. The first-order valence-corrected chi connectivity index (χ1v) is 20.9. The molecule has 0 aliphatic rings. The van der Waals surface area contributed by atoms with Crippen LogP contribution in [0.4, 0.5) is 0 Å². The lowest BCUT2D eigenvalue weighted by molar-refractivity contribution is 0.668. The van der Waals surface area contributed by atoms with Crippen molar-refractivity contribution >= 4 is 65.6 Å². The highest BCUT2D eigenvalue weighted by atomic mass is 16.3. The predicted octanol–water partition coefficient (Wildman–Crippen LogP) is 13.4. The Hall–Kier alpha value is -8.75. The zero-order valence-electron chi connectivity index (χ0n) is 33.6. The maximum atomic E-state index is 6.16. The highest BCUT2D eigenvalue weighted by Gasteiger charge is 2.20. The Bertz CT molecular complexity index is 3870. The van der Waals surface area contributed by atoms with Crippen LogP contribution in [0.1, 0.15) is 0 Å². The fourth-order valence-corrected chi connectivity index (χ4v) is 9.16. The van der Waals surface area contributed by atoms with E-state index < -0.39 is 0 Å². The van der Waals surface area contributed by atoms with Gasteiger partial charge in [-0.1, -0.05) is 121 Å². The average molecular weight is 808 g/mol. The van der Waals surface area contributed by atoms with E-state index in [1.54, 1.807) is 6.20 Å². The van der Waals surface area contributed by atoms with Gasteiger partial charge in [-0.25, -0.2) is 9.97 Å². The van der Waals surface area contributed by atoms with E-state index >= 15 is 0 Å². The third-order valence-electron chi connectivity index (χ3n) is 12.1. The minimum Gasteiger partial charge on any atom is -0.456 e. The standard InChI is InChI=1S/C55H33N7O/c1-3-12-34(13-4-1)53-58-54(35-14-5-2-6-15-35)60-55(59-53)62-48-21-10-8-17-40(48)42-30-36(23-26-49(42)62)45-18-11-19-46(57-45)37-22-25-41-39-16-7-9-20-47(39)61(50(41)31-37)38-24-27-51-43(32-38)44-33-56-29-28-52(44)63-51/h1-33H. The monoisotopic (exact) mass is 807 g/mol. The number of fused-ring (bicyclic) bond motifs is 9. The first-order valence-electron chi connectivity index (χ1n) is 20.9. The largest absolute Gasteiger partial charge is 0.456 e. The van der Waals surface area contributed by atoms with Gasteiger partial charge in [0.15, 0.2) is 11.6 Å². The quantitative estimate of drug-likeness (QED) is 0.166. The summed E-state index contributed by atoms with van der Waals surface area (Å²) < 4.78 is 10.7. The molecule has 294 valence electrons. The summed E-state index contributed by atoms with van der Waals surface area (Å²) in [5, 5.41) is 6.59. The number of aromatic nitrogens is 7. The molecule has 0 spiro atoms. The third kappa shape index (κ3) is 5.66. The lowest BCUT2D eigenvalue weighted by Crippen LogP contribution is -2.06. The second-order valence-electron chi connectivity index (χ2n) is 15.7. The molecule has 0 saturated carbocycles. The molecule has 63 heavy (non-hydrogen) atoms. The van der Waals surface area contributed by atoms with Crippen molar-refractivity contribution in [2.24, 2.45) is 0 Å². The van der Waals surface area contributed by atoms with Crippen LogP contribution in [0.15, 0.2) is 205 Å². The Labute approximate surface area is 360 Å². The van der Waals surface area contributed by atoms with E-state index in [2.05, 4.69) is 135 Å². The second kappa shape index (κ2) is 13.9. The Balaban J connectivity index is 0.937. The van der Waals surface area contributed by atoms with Crippen LogP contribution >= 0.6 is 0 Å². The van der Waals surface area contributed by atoms with Gasteiger partial charge in [0.2, 0.25) is 5.95 Å². The molecule has 6 aromatic heterocycles. The highest BCUT2D eigenvalue weighted by Crippen LogP contribution is 2.39. The lowest BCUT2D eigenvalue weighted by Gasteiger charge is -2.11. The molecule has 8 heteroatoms. The first kappa shape index (κ1) is 35.0.